The predicted molar refractivity (Wildman–Crippen MR) is 81.8 cm³/mol. The Labute approximate surface area is 117 Å². The summed E-state index contributed by atoms with van der Waals surface area (Å²) in [6.45, 7) is 8.30. The molecular weight excluding hydrogens is 232 g/mol. The average Bonchev–Trinajstić information content (AvgIpc) is 2.39. The minimum atomic E-state index is 0.294. The van der Waals surface area contributed by atoms with Crippen LogP contribution in [0.5, 0.6) is 0 Å². The van der Waals surface area contributed by atoms with Crippen LogP contribution in [0.1, 0.15) is 38.7 Å². The summed E-state index contributed by atoms with van der Waals surface area (Å²) in [5.74, 6) is 0.766. The van der Waals surface area contributed by atoms with Gasteiger partial charge in [-0.15, -0.1) is 0 Å². The summed E-state index contributed by atoms with van der Waals surface area (Å²) in [5.41, 5.74) is 3.29. The number of hydrogen-bond acceptors (Lipinski definition) is 2. The average molecular weight is 258 g/mol. The van der Waals surface area contributed by atoms with E-state index in [0.717, 1.165) is 12.5 Å². The van der Waals surface area contributed by atoms with Crippen molar-refractivity contribution in [1.29, 1.82) is 0 Å². The van der Waals surface area contributed by atoms with E-state index in [9.17, 15) is 0 Å². The van der Waals surface area contributed by atoms with Crippen LogP contribution in [-0.2, 0) is 6.42 Å². The SMILES string of the molecule is CC1Cc2ccccc2N(CC2(C)CCCCN2)C1. The van der Waals surface area contributed by atoms with E-state index in [1.54, 1.807) is 0 Å². The van der Waals surface area contributed by atoms with Gasteiger partial charge in [-0.05, 0) is 50.3 Å². The van der Waals surface area contributed by atoms with Gasteiger partial charge in [0.25, 0.3) is 0 Å². The number of anilines is 1. The molecule has 2 aliphatic heterocycles. The van der Waals surface area contributed by atoms with Crippen molar-refractivity contribution >= 4 is 5.69 Å². The van der Waals surface area contributed by atoms with E-state index in [2.05, 4.69) is 48.3 Å². The minimum Gasteiger partial charge on any atom is -0.369 e. The first-order chi connectivity index (χ1) is 9.16. The molecule has 1 saturated heterocycles. The Morgan fingerprint density at radius 2 is 2.16 bits per heavy atom. The Hall–Kier alpha value is -1.02. The van der Waals surface area contributed by atoms with Crippen LogP contribution in [0.3, 0.4) is 0 Å². The van der Waals surface area contributed by atoms with Gasteiger partial charge >= 0.3 is 0 Å². The molecule has 0 aliphatic carbocycles. The number of nitrogens with one attached hydrogen (secondary N) is 1. The zero-order valence-corrected chi connectivity index (χ0v) is 12.3. The molecule has 19 heavy (non-hydrogen) atoms. The smallest absolute Gasteiger partial charge is 0.0399 e. The van der Waals surface area contributed by atoms with Gasteiger partial charge in [-0.3, -0.25) is 0 Å². The number of nitrogens with zero attached hydrogens (tertiary/aromatic N) is 1. The largest absolute Gasteiger partial charge is 0.369 e. The summed E-state index contributed by atoms with van der Waals surface area (Å²) in [5, 5.41) is 3.75. The van der Waals surface area contributed by atoms with Crippen LogP contribution in [-0.4, -0.2) is 25.2 Å². The maximum atomic E-state index is 3.75. The van der Waals surface area contributed by atoms with Crippen LogP contribution in [0.15, 0.2) is 24.3 Å². The van der Waals surface area contributed by atoms with E-state index in [1.165, 1.54) is 50.0 Å². The fraction of sp³-hybridized carbons (Fsp3) is 0.647. The topological polar surface area (TPSA) is 15.3 Å². The third kappa shape index (κ3) is 2.79. The first-order valence-electron chi connectivity index (χ1n) is 7.74. The van der Waals surface area contributed by atoms with Crippen molar-refractivity contribution < 1.29 is 0 Å². The lowest BCUT2D eigenvalue weighted by Crippen LogP contribution is -2.55. The van der Waals surface area contributed by atoms with Crippen LogP contribution in [0, 0.1) is 5.92 Å². The number of fused-ring (bicyclic) bond motifs is 1. The Kier molecular flexibility index (Phi) is 3.53. The van der Waals surface area contributed by atoms with Crippen LogP contribution < -0.4 is 10.2 Å². The monoisotopic (exact) mass is 258 g/mol. The Bertz CT molecular complexity index is 435. The van der Waals surface area contributed by atoms with Crippen molar-refractivity contribution in [3.63, 3.8) is 0 Å². The minimum absolute atomic E-state index is 0.294. The molecule has 1 aromatic rings. The zero-order valence-electron chi connectivity index (χ0n) is 12.3. The molecule has 2 heteroatoms. The molecule has 2 nitrogen and oxygen atoms in total. The van der Waals surface area contributed by atoms with Gasteiger partial charge in [-0.1, -0.05) is 31.5 Å². The quantitative estimate of drug-likeness (QED) is 0.876. The van der Waals surface area contributed by atoms with Gasteiger partial charge in [0.05, 0.1) is 0 Å². The molecule has 2 unspecified atom stereocenters. The number of hydrogen-bond donors (Lipinski definition) is 1. The van der Waals surface area contributed by atoms with Gasteiger partial charge in [0.2, 0.25) is 0 Å². The highest BCUT2D eigenvalue weighted by molar-refractivity contribution is 5.56. The Balaban J connectivity index is 1.81. The van der Waals surface area contributed by atoms with Crippen molar-refractivity contribution in [2.24, 2.45) is 5.92 Å². The number of rotatable bonds is 2. The van der Waals surface area contributed by atoms with Crippen LogP contribution >= 0.6 is 0 Å². The highest BCUT2D eigenvalue weighted by atomic mass is 15.2. The molecule has 2 atom stereocenters. The molecule has 2 heterocycles. The van der Waals surface area contributed by atoms with E-state index in [1.807, 2.05) is 0 Å². The summed E-state index contributed by atoms with van der Waals surface area (Å²) in [7, 11) is 0. The van der Waals surface area contributed by atoms with Gasteiger partial charge < -0.3 is 10.2 Å². The summed E-state index contributed by atoms with van der Waals surface area (Å²) in [4.78, 5) is 2.61. The molecule has 0 radical (unpaired) electrons. The summed E-state index contributed by atoms with van der Waals surface area (Å²) >= 11 is 0. The van der Waals surface area contributed by atoms with Crippen LogP contribution in [0.2, 0.25) is 0 Å². The molecule has 104 valence electrons. The van der Waals surface area contributed by atoms with Gasteiger partial charge in [0.1, 0.15) is 0 Å². The highest BCUT2D eigenvalue weighted by Gasteiger charge is 2.31. The second kappa shape index (κ2) is 5.16. The zero-order chi connectivity index (χ0) is 13.3. The van der Waals surface area contributed by atoms with Gasteiger partial charge in [0, 0.05) is 24.3 Å². The second-order valence-electron chi connectivity index (χ2n) is 6.76. The summed E-state index contributed by atoms with van der Waals surface area (Å²) in [6, 6.07) is 8.95. The van der Waals surface area contributed by atoms with Crippen molar-refractivity contribution in [2.75, 3.05) is 24.5 Å². The fourth-order valence-corrected chi connectivity index (χ4v) is 3.73. The molecule has 3 rings (SSSR count). The first kappa shape index (κ1) is 13.0. The molecule has 2 aliphatic rings. The summed E-state index contributed by atoms with van der Waals surface area (Å²) in [6.07, 6.45) is 5.24. The molecule has 1 aromatic carbocycles. The van der Waals surface area contributed by atoms with E-state index in [0.29, 0.717) is 5.54 Å². The molecule has 0 bridgehead atoms. The Morgan fingerprint density at radius 3 is 2.95 bits per heavy atom. The lowest BCUT2D eigenvalue weighted by molar-refractivity contribution is 0.276. The van der Waals surface area contributed by atoms with E-state index < -0.39 is 0 Å². The van der Waals surface area contributed by atoms with Crippen LogP contribution in [0.25, 0.3) is 0 Å². The summed E-state index contributed by atoms with van der Waals surface area (Å²) < 4.78 is 0. The second-order valence-corrected chi connectivity index (χ2v) is 6.76. The normalized spacial score (nSPS) is 31.1. The lowest BCUT2D eigenvalue weighted by atomic mass is 9.87. The van der Waals surface area contributed by atoms with Crippen molar-refractivity contribution in [3.05, 3.63) is 29.8 Å². The maximum Gasteiger partial charge on any atom is 0.0399 e. The molecule has 1 fully saturated rings. The van der Waals surface area contributed by atoms with Crippen LogP contribution in [0.4, 0.5) is 5.69 Å². The van der Waals surface area contributed by atoms with Gasteiger partial charge in [0.15, 0.2) is 0 Å². The van der Waals surface area contributed by atoms with E-state index >= 15 is 0 Å². The molecule has 0 amide bonds. The van der Waals surface area contributed by atoms with Crippen molar-refractivity contribution in [1.82, 2.24) is 5.32 Å². The highest BCUT2D eigenvalue weighted by Crippen LogP contribution is 2.31. The molecule has 0 aromatic heterocycles. The van der Waals surface area contributed by atoms with Gasteiger partial charge in [-0.2, -0.15) is 0 Å². The molecular formula is C17H26N2. The van der Waals surface area contributed by atoms with E-state index in [-0.39, 0.29) is 0 Å². The third-order valence-electron chi connectivity index (χ3n) is 4.68. The predicted octanol–water partition coefficient (Wildman–Crippen LogP) is 3.22. The Morgan fingerprint density at radius 1 is 1.32 bits per heavy atom. The fourth-order valence-electron chi connectivity index (χ4n) is 3.73. The first-order valence-corrected chi connectivity index (χ1v) is 7.74. The number of para-hydroxylation sites is 1. The van der Waals surface area contributed by atoms with Gasteiger partial charge in [-0.25, -0.2) is 0 Å². The van der Waals surface area contributed by atoms with Crippen molar-refractivity contribution in [2.45, 2.75) is 45.1 Å². The lowest BCUT2D eigenvalue weighted by Gasteiger charge is -2.43. The maximum absolute atomic E-state index is 3.75. The van der Waals surface area contributed by atoms with E-state index in [4.69, 9.17) is 0 Å². The van der Waals surface area contributed by atoms with Crippen molar-refractivity contribution in [3.8, 4) is 0 Å². The molecule has 0 saturated carbocycles. The third-order valence-corrected chi connectivity index (χ3v) is 4.68. The molecule has 0 spiro atoms. The standard InChI is InChI=1S/C17H26N2/c1-14-11-15-7-3-4-8-16(15)19(12-14)13-17(2)9-5-6-10-18-17/h3-4,7-8,14,18H,5-6,9-13H2,1-2H3. The number of benzene rings is 1. The molecule has 1 N–H and O–H groups in total. The number of piperidine rings is 1.